The fraction of sp³-hybridized carbons (Fsp3) is 0.714. The minimum atomic E-state index is -0.105. The van der Waals surface area contributed by atoms with Gasteiger partial charge in [0.1, 0.15) is 0 Å². The van der Waals surface area contributed by atoms with Gasteiger partial charge in [-0.25, -0.2) is 0 Å². The fourth-order valence-corrected chi connectivity index (χ4v) is 4.38. The van der Waals surface area contributed by atoms with E-state index in [-0.39, 0.29) is 29.2 Å². The Bertz CT molecular complexity index is 553. The van der Waals surface area contributed by atoms with Crippen LogP contribution in [-0.2, 0) is 9.53 Å². The quantitative estimate of drug-likeness (QED) is 0.868. The first-order valence-corrected chi connectivity index (χ1v) is 9.44. The molecular weight excluding hydrogens is 312 g/mol. The second kappa shape index (κ2) is 8.31. The highest BCUT2D eigenvalue weighted by atomic mass is 16.5. The number of amides is 1. The maximum Gasteiger partial charge on any atom is 0.224 e. The molecule has 0 radical (unpaired) electrons. The number of ether oxygens (including phenoxy) is 1. The van der Waals surface area contributed by atoms with E-state index < -0.39 is 0 Å². The molecule has 1 unspecified atom stereocenters. The van der Waals surface area contributed by atoms with Crippen LogP contribution in [0.4, 0.5) is 0 Å². The van der Waals surface area contributed by atoms with E-state index in [9.17, 15) is 4.79 Å². The van der Waals surface area contributed by atoms with E-state index >= 15 is 0 Å². The van der Waals surface area contributed by atoms with Crippen LogP contribution in [0.2, 0.25) is 0 Å². The molecule has 0 aromatic carbocycles. The highest BCUT2D eigenvalue weighted by Crippen LogP contribution is 2.39. The molecule has 1 aliphatic rings. The molecular formula is C21H34N2O2. The third-order valence-electron chi connectivity index (χ3n) is 5.42. The number of nitrogens with one attached hydrogen (secondary N) is 1. The zero-order valence-corrected chi connectivity index (χ0v) is 16.6. The van der Waals surface area contributed by atoms with Crippen LogP contribution in [0.25, 0.3) is 0 Å². The van der Waals surface area contributed by atoms with Crippen molar-refractivity contribution in [2.45, 2.75) is 53.5 Å². The molecule has 5 atom stereocenters. The largest absolute Gasteiger partial charge is 0.384 e. The van der Waals surface area contributed by atoms with Gasteiger partial charge in [0.2, 0.25) is 5.91 Å². The molecule has 1 heterocycles. The summed E-state index contributed by atoms with van der Waals surface area (Å²) in [4.78, 5) is 17.7. The van der Waals surface area contributed by atoms with E-state index in [1.165, 1.54) is 0 Å². The van der Waals surface area contributed by atoms with Crippen LogP contribution in [0.5, 0.6) is 0 Å². The lowest BCUT2D eigenvalue weighted by Gasteiger charge is -2.40. The van der Waals surface area contributed by atoms with Crippen molar-refractivity contribution in [3.63, 3.8) is 0 Å². The van der Waals surface area contributed by atoms with Crippen LogP contribution in [0, 0.1) is 29.1 Å². The van der Waals surface area contributed by atoms with Crippen LogP contribution >= 0.6 is 0 Å². The maximum absolute atomic E-state index is 13.2. The molecule has 2 rings (SSSR count). The van der Waals surface area contributed by atoms with Crippen molar-refractivity contribution < 1.29 is 9.53 Å². The highest BCUT2D eigenvalue weighted by molar-refractivity contribution is 5.80. The third kappa shape index (κ3) is 5.04. The summed E-state index contributed by atoms with van der Waals surface area (Å²) in [5.74, 6) is 1.45. The molecule has 4 nitrogen and oxygen atoms in total. The van der Waals surface area contributed by atoms with Crippen LogP contribution in [0.3, 0.4) is 0 Å². The Labute approximate surface area is 152 Å². The Kier molecular flexibility index (Phi) is 6.61. The smallest absolute Gasteiger partial charge is 0.224 e. The van der Waals surface area contributed by atoms with Crippen LogP contribution in [-0.4, -0.2) is 24.6 Å². The van der Waals surface area contributed by atoms with Crippen LogP contribution < -0.4 is 5.32 Å². The molecule has 1 fully saturated rings. The Hall–Kier alpha value is -1.42. The van der Waals surface area contributed by atoms with Crippen molar-refractivity contribution in [1.29, 1.82) is 0 Å². The molecule has 4 heteroatoms. The Balaban J connectivity index is 2.21. The van der Waals surface area contributed by atoms with Crippen molar-refractivity contribution in [3.8, 4) is 0 Å². The summed E-state index contributed by atoms with van der Waals surface area (Å²) >= 11 is 0. The van der Waals surface area contributed by atoms with Gasteiger partial charge in [-0.2, -0.15) is 0 Å². The van der Waals surface area contributed by atoms with Crippen molar-refractivity contribution in [2.24, 2.45) is 29.1 Å². The number of hydrogen-bond acceptors (Lipinski definition) is 3. The zero-order chi connectivity index (χ0) is 18.6. The standard InChI is InChI=1S/C21H34N2O2/c1-14-11-15(2)18(16(12-14)13-25-6)20(24)23-19(21(3,4)5)17-9-7-8-10-22-17/h7-10,14-16,18-19H,11-13H2,1-6H3,(H,23,24)/t14-,15+,16+,18?,19+/m1/s1. The van der Waals surface area contributed by atoms with Gasteiger partial charge in [0.15, 0.2) is 0 Å². The van der Waals surface area contributed by atoms with Gasteiger partial charge in [-0.15, -0.1) is 0 Å². The molecule has 1 aliphatic carbocycles. The number of nitrogens with zero attached hydrogens (tertiary/aromatic N) is 1. The molecule has 1 saturated carbocycles. The first kappa shape index (κ1) is 19.9. The van der Waals surface area contributed by atoms with Crippen molar-refractivity contribution in [2.75, 3.05) is 13.7 Å². The van der Waals surface area contributed by atoms with Gasteiger partial charge in [0.25, 0.3) is 0 Å². The SMILES string of the molecule is COC[C@@H]1C[C@H](C)C[C@H](C)C1C(=O)N[C@@H](c1ccccn1)C(C)(C)C. The first-order valence-electron chi connectivity index (χ1n) is 9.44. The van der Waals surface area contributed by atoms with Gasteiger partial charge in [0.05, 0.1) is 11.7 Å². The maximum atomic E-state index is 13.2. The minimum Gasteiger partial charge on any atom is -0.384 e. The Morgan fingerprint density at radius 3 is 2.60 bits per heavy atom. The summed E-state index contributed by atoms with van der Waals surface area (Å²) in [5, 5.41) is 3.32. The second-order valence-corrected chi connectivity index (χ2v) is 8.86. The van der Waals surface area contributed by atoms with Gasteiger partial charge < -0.3 is 10.1 Å². The normalized spacial score (nSPS) is 28.4. The van der Waals surface area contributed by atoms with Crippen molar-refractivity contribution in [1.82, 2.24) is 10.3 Å². The van der Waals surface area contributed by atoms with E-state index in [1.807, 2.05) is 18.2 Å². The number of carbonyl (C=O) groups excluding carboxylic acids is 1. The van der Waals surface area contributed by atoms with Gasteiger partial charge in [-0.3, -0.25) is 9.78 Å². The van der Waals surface area contributed by atoms with Gasteiger partial charge >= 0.3 is 0 Å². The molecule has 0 aliphatic heterocycles. The predicted molar refractivity (Wildman–Crippen MR) is 101 cm³/mol. The average Bonchev–Trinajstić information content (AvgIpc) is 2.52. The number of hydrogen-bond donors (Lipinski definition) is 1. The lowest BCUT2D eigenvalue weighted by Crippen LogP contribution is -2.47. The average molecular weight is 347 g/mol. The molecule has 0 spiro atoms. The number of rotatable bonds is 5. The predicted octanol–water partition coefficient (Wildman–Crippen LogP) is 4.23. The summed E-state index contributed by atoms with van der Waals surface area (Å²) in [6.07, 6.45) is 3.95. The molecule has 1 amide bonds. The highest BCUT2D eigenvalue weighted by Gasteiger charge is 2.40. The number of carbonyl (C=O) groups is 1. The van der Waals surface area contributed by atoms with Crippen molar-refractivity contribution in [3.05, 3.63) is 30.1 Å². The molecule has 140 valence electrons. The van der Waals surface area contributed by atoms with Gasteiger partial charge in [-0.1, -0.05) is 40.7 Å². The zero-order valence-electron chi connectivity index (χ0n) is 16.6. The fourth-order valence-electron chi connectivity index (χ4n) is 4.38. The molecule has 1 aromatic rings. The van der Waals surface area contributed by atoms with E-state index in [4.69, 9.17) is 4.74 Å². The van der Waals surface area contributed by atoms with E-state index in [0.717, 1.165) is 18.5 Å². The van der Waals surface area contributed by atoms with Crippen molar-refractivity contribution >= 4 is 5.91 Å². The third-order valence-corrected chi connectivity index (χ3v) is 5.42. The summed E-state index contributed by atoms with van der Waals surface area (Å²) in [5.41, 5.74) is 0.815. The molecule has 0 bridgehead atoms. The summed E-state index contributed by atoms with van der Waals surface area (Å²) in [6, 6.07) is 5.78. The number of methoxy groups -OCH3 is 1. The molecule has 0 saturated heterocycles. The van der Waals surface area contributed by atoms with E-state index in [1.54, 1.807) is 13.3 Å². The minimum absolute atomic E-state index is 0.00436. The summed E-state index contributed by atoms with van der Waals surface area (Å²) < 4.78 is 5.42. The second-order valence-electron chi connectivity index (χ2n) is 8.86. The molecule has 1 aromatic heterocycles. The Morgan fingerprint density at radius 2 is 2.04 bits per heavy atom. The molecule has 1 N–H and O–H groups in total. The van der Waals surface area contributed by atoms with Gasteiger partial charge in [0, 0.05) is 25.8 Å². The Morgan fingerprint density at radius 1 is 1.32 bits per heavy atom. The summed E-state index contributed by atoms with van der Waals surface area (Å²) in [6.45, 7) is 11.6. The van der Waals surface area contributed by atoms with Gasteiger partial charge in [-0.05, 0) is 48.1 Å². The van der Waals surface area contributed by atoms with E-state index in [0.29, 0.717) is 18.4 Å². The lowest BCUT2D eigenvalue weighted by molar-refractivity contribution is -0.133. The summed E-state index contributed by atoms with van der Waals surface area (Å²) in [7, 11) is 1.73. The molecule has 25 heavy (non-hydrogen) atoms. The van der Waals surface area contributed by atoms with Crippen LogP contribution in [0.1, 0.15) is 59.2 Å². The number of aromatic nitrogens is 1. The first-order chi connectivity index (χ1) is 11.7. The topological polar surface area (TPSA) is 51.2 Å². The number of pyridine rings is 1. The monoisotopic (exact) mass is 346 g/mol. The van der Waals surface area contributed by atoms with E-state index in [2.05, 4.69) is 44.9 Å². The van der Waals surface area contributed by atoms with Crippen LogP contribution in [0.15, 0.2) is 24.4 Å². The lowest BCUT2D eigenvalue weighted by atomic mass is 9.68.